The molecule has 1 fully saturated rings. The van der Waals surface area contributed by atoms with Crippen LogP contribution in [0.15, 0.2) is 48.9 Å². The zero-order valence-electron chi connectivity index (χ0n) is 15.2. The highest BCUT2D eigenvalue weighted by atomic mass is 16.2. The van der Waals surface area contributed by atoms with E-state index in [0.717, 1.165) is 36.5 Å². The molecule has 1 aromatic carbocycles. The van der Waals surface area contributed by atoms with Crippen LogP contribution < -0.4 is 0 Å². The van der Waals surface area contributed by atoms with Gasteiger partial charge in [0.15, 0.2) is 0 Å². The highest BCUT2D eigenvalue weighted by Crippen LogP contribution is 2.29. The molecule has 6 nitrogen and oxygen atoms in total. The van der Waals surface area contributed by atoms with E-state index in [1.807, 2.05) is 36.3 Å². The fourth-order valence-corrected chi connectivity index (χ4v) is 3.77. The molecule has 0 bridgehead atoms. The van der Waals surface area contributed by atoms with E-state index in [1.54, 1.807) is 17.1 Å². The van der Waals surface area contributed by atoms with Gasteiger partial charge in [-0.1, -0.05) is 30.3 Å². The molecule has 2 aromatic heterocycles. The number of hydrogen-bond acceptors (Lipinski definition) is 3. The Hall–Kier alpha value is -2.89. The molecule has 3 heterocycles. The molecule has 0 spiro atoms. The van der Waals surface area contributed by atoms with Gasteiger partial charge in [-0.2, -0.15) is 5.10 Å². The fraction of sp³-hybridized carbons (Fsp3) is 0.350. The van der Waals surface area contributed by atoms with Gasteiger partial charge in [-0.15, -0.1) is 0 Å². The summed E-state index contributed by atoms with van der Waals surface area (Å²) in [6, 6.07) is 10.5. The second-order valence-electron chi connectivity index (χ2n) is 6.91. The van der Waals surface area contributed by atoms with Crippen molar-refractivity contribution in [2.24, 2.45) is 7.05 Å². The van der Waals surface area contributed by atoms with Crippen LogP contribution in [0.25, 0.3) is 11.4 Å². The monoisotopic (exact) mass is 349 g/mol. The third-order valence-corrected chi connectivity index (χ3v) is 5.01. The number of imidazole rings is 1. The first-order chi connectivity index (χ1) is 12.6. The Bertz CT molecular complexity index is 911. The van der Waals surface area contributed by atoms with E-state index in [2.05, 4.69) is 33.7 Å². The molecule has 0 N–H and O–H groups in total. The van der Waals surface area contributed by atoms with Gasteiger partial charge < -0.3 is 9.47 Å². The van der Waals surface area contributed by atoms with Gasteiger partial charge in [0, 0.05) is 43.8 Å². The summed E-state index contributed by atoms with van der Waals surface area (Å²) >= 11 is 0. The van der Waals surface area contributed by atoms with Crippen LogP contribution in [0.3, 0.4) is 0 Å². The van der Waals surface area contributed by atoms with Crippen LogP contribution in [0.5, 0.6) is 0 Å². The zero-order valence-corrected chi connectivity index (χ0v) is 15.2. The lowest BCUT2D eigenvalue weighted by Gasteiger charge is -2.34. The number of carbonyl (C=O) groups is 1. The summed E-state index contributed by atoms with van der Waals surface area (Å²) in [5, 5.41) is 4.12. The van der Waals surface area contributed by atoms with E-state index >= 15 is 0 Å². The number of rotatable bonds is 3. The van der Waals surface area contributed by atoms with Crippen LogP contribution >= 0.6 is 0 Å². The second-order valence-corrected chi connectivity index (χ2v) is 6.91. The summed E-state index contributed by atoms with van der Waals surface area (Å²) in [6.07, 6.45) is 7.38. The average molecular weight is 349 g/mol. The van der Waals surface area contributed by atoms with Crippen molar-refractivity contribution < 1.29 is 4.79 Å². The standard InChI is InChI=1S/C20H23N5O/c1-15-11-21-19(16-7-4-3-5-8-16)25(15)18-9-6-10-24(14-18)20(26)17-12-22-23(2)13-17/h3-5,7-8,11-13,18H,6,9-10,14H2,1-2H3. The smallest absolute Gasteiger partial charge is 0.257 e. The van der Waals surface area contributed by atoms with Crippen LogP contribution in [-0.4, -0.2) is 43.2 Å². The molecule has 0 radical (unpaired) electrons. The molecule has 26 heavy (non-hydrogen) atoms. The number of benzene rings is 1. The number of carbonyl (C=O) groups excluding carboxylic acids is 1. The van der Waals surface area contributed by atoms with Gasteiger partial charge in [0.2, 0.25) is 0 Å². The summed E-state index contributed by atoms with van der Waals surface area (Å²) in [4.78, 5) is 19.4. The molecule has 6 heteroatoms. The topological polar surface area (TPSA) is 56.0 Å². The SMILES string of the molecule is Cc1cnc(-c2ccccc2)n1C1CCCN(C(=O)c2cnn(C)c2)C1. The first kappa shape index (κ1) is 16.6. The molecule has 1 aliphatic rings. The Balaban J connectivity index is 1.61. The van der Waals surface area contributed by atoms with Crippen LogP contribution in [0.1, 0.15) is 34.9 Å². The summed E-state index contributed by atoms with van der Waals surface area (Å²) in [5.74, 6) is 1.03. The number of hydrogen-bond donors (Lipinski definition) is 0. The van der Waals surface area contributed by atoms with Gasteiger partial charge >= 0.3 is 0 Å². The van der Waals surface area contributed by atoms with Crippen molar-refractivity contribution >= 4 is 5.91 Å². The molecule has 0 saturated carbocycles. The van der Waals surface area contributed by atoms with Crippen molar-refractivity contribution in [2.75, 3.05) is 13.1 Å². The average Bonchev–Trinajstić information content (AvgIpc) is 3.28. The van der Waals surface area contributed by atoms with Gasteiger partial charge in [-0.25, -0.2) is 4.98 Å². The Morgan fingerprint density at radius 2 is 2.00 bits per heavy atom. The number of aromatic nitrogens is 4. The third kappa shape index (κ3) is 3.03. The summed E-state index contributed by atoms with van der Waals surface area (Å²) in [7, 11) is 1.83. The van der Waals surface area contributed by atoms with Crippen molar-refractivity contribution in [3.63, 3.8) is 0 Å². The fourth-order valence-electron chi connectivity index (χ4n) is 3.77. The lowest BCUT2D eigenvalue weighted by atomic mass is 10.0. The number of likely N-dealkylation sites (tertiary alicyclic amines) is 1. The van der Waals surface area contributed by atoms with Crippen LogP contribution in [0.4, 0.5) is 0 Å². The van der Waals surface area contributed by atoms with E-state index in [9.17, 15) is 4.79 Å². The number of amides is 1. The Morgan fingerprint density at radius 3 is 2.73 bits per heavy atom. The van der Waals surface area contributed by atoms with Crippen molar-refractivity contribution in [1.82, 2.24) is 24.2 Å². The molecule has 134 valence electrons. The van der Waals surface area contributed by atoms with Crippen LogP contribution in [-0.2, 0) is 7.05 Å². The minimum atomic E-state index is 0.0572. The van der Waals surface area contributed by atoms with E-state index in [-0.39, 0.29) is 11.9 Å². The van der Waals surface area contributed by atoms with Crippen molar-refractivity contribution in [1.29, 1.82) is 0 Å². The summed E-state index contributed by atoms with van der Waals surface area (Å²) in [6.45, 7) is 3.57. The van der Waals surface area contributed by atoms with Gasteiger partial charge in [0.25, 0.3) is 5.91 Å². The maximum atomic E-state index is 12.8. The van der Waals surface area contributed by atoms with Crippen molar-refractivity contribution in [3.8, 4) is 11.4 Å². The van der Waals surface area contributed by atoms with Crippen molar-refractivity contribution in [3.05, 3.63) is 60.2 Å². The number of nitrogens with zero attached hydrogens (tertiary/aromatic N) is 5. The number of piperidine rings is 1. The predicted molar refractivity (Wildman–Crippen MR) is 99.8 cm³/mol. The van der Waals surface area contributed by atoms with E-state index in [4.69, 9.17) is 0 Å². The second kappa shape index (κ2) is 6.78. The van der Waals surface area contributed by atoms with E-state index in [0.29, 0.717) is 12.1 Å². The molecule has 1 aliphatic heterocycles. The first-order valence-corrected chi connectivity index (χ1v) is 9.00. The normalized spacial score (nSPS) is 17.5. The molecule has 1 unspecified atom stereocenters. The van der Waals surface area contributed by atoms with Gasteiger partial charge in [-0.3, -0.25) is 9.48 Å². The lowest BCUT2D eigenvalue weighted by molar-refractivity contribution is 0.0679. The molecule has 4 rings (SSSR count). The van der Waals surface area contributed by atoms with Gasteiger partial charge in [0.05, 0.1) is 17.8 Å². The van der Waals surface area contributed by atoms with Gasteiger partial charge in [-0.05, 0) is 19.8 Å². The largest absolute Gasteiger partial charge is 0.336 e. The minimum Gasteiger partial charge on any atom is -0.336 e. The third-order valence-electron chi connectivity index (χ3n) is 5.01. The first-order valence-electron chi connectivity index (χ1n) is 9.00. The molecular formula is C20H23N5O. The van der Waals surface area contributed by atoms with Crippen LogP contribution in [0, 0.1) is 6.92 Å². The van der Waals surface area contributed by atoms with E-state index < -0.39 is 0 Å². The molecule has 1 atom stereocenters. The molecule has 1 saturated heterocycles. The maximum Gasteiger partial charge on any atom is 0.257 e. The summed E-state index contributed by atoms with van der Waals surface area (Å²) in [5.41, 5.74) is 2.89. The highest BCUT2D eigenvalue weighted by Gasteiger charge is 2.28. The quantitative estimate of drug-likeness (QED) is 0.730. The van der Waals surface area contributed by atoms with Crippen LogP contribution in [0.2, 0.25) is 0 Å². The lowest BCUT2D eigenvalue weighted by Crippen LogP contribution is -2.41. The molecular weight excluding hydrogens is 326 g/mol. The van der Waals surface area contributed by atoms with Gasteiger partial charge in [0.1, 0.15) is 5.82 Å². The molecule has 1 amide bonds. The molecule has 0 aliphatic carbocycles. The Kier molecular flexibility index (Phi) is 4.32. The summed E-state index contributed by atoms with van der Waals surface area (Å²) < 4.78 is 3.96. The highest BCUT2D eigenvalue weighted by molar-refractivity contribution is 5.93. The van der Waals surface area contributed by atoms with E-state index in [1.165, 1.54) is 0 Å². The maximum absolute atomic E-state index is 12.8. The zero-order chi connectivity index (χ0) is 18.1. The molecule has 3 aromatic rings. The van der Waals surface area contributed by atoms with Crippen molar-refractivity contribution in [2.45, 2.75) is 25.8 Å². The predicted octanol–water partition coefficient (Wildman–Crippen LogP) is 3.07. The number of aryl methyl sites for hydroxylation is 2. The Morgan fingerprint density at radius 1 is 1.19 bits per heavy atom. The Labute approximate surface area is 153 Å². The minimum absolute atomic E-state index is 0.0572.